The minimum Gasteiger partial charge on any atom is -0.493 e. The lowest BCUT2D eigenvalue weighted by atomic mass is 10.2. The molecule has 0 aliphatic rings. The predicted molar refractivity (Wildman–Crippen MR) is 61.5 cm³/mol. The Morgan fingerprint density at radius 2 is 2.36 bits per heavy atom. The summed E-state index contributed by atoms with van der Waals surface area (Å²) in [4.78, 5) is 10.5. The molecule has 14 heavy (non-hydrogen) atoms. The number of hydrogen-bond donors (Lipinski definition) is 1. The lowest BCUT2D eigenvalue weighted by Gasteiger charge is -2.09. The van der Waals surface area contributed by atoms with Crippen LogP contribution in [0, 0.1) is 9.49 Å². The zero-order valence-corrected chi connectivity index (χ0v) is 9.89. The second-order valence-corrected chi connectivity index (χ2v) is 4.25. The highest BCUT2D eigenvalue weighted by Gasteiger charge is 2.11. The maximum atomic E-state index is 10.5. The molecular formula is C10H11IO3. The monoisotopic (exact) mass is 306 g/mol. The largest absolute Gasteiger partial charge is 0.493 e. The molecule has 1 unspecified atom stereocenters. The summed E-state index contributed by atoms with van der Waals surface area (Å²) in [6, 6.07) is 7.52. The lowest BCUT2D eigenvalue weighted by Crippen LogP contribution is -2.17. The zero-order chi connectivity index (χ0) is 10.6. The molecule has 0 bridgehead atoms. The summed E-state index contributed by atoms with van der Waals surface area (Å²) in [7, 11) is 0. The van der Waals surface area contributed by atoms with Gasteiger partial charge in [-0.3, -0.25) is 4.79 Å². The second kappa shape index (κ2) is 5.19. The first-order chi connectivity index (χ1) is 6.59. The number of aliphatic carboxylic acids is 1. The first-order valence-corrected chi connectivity index (χ1v) is 5.28. The van der Waals surface area contributed by atoms with Crippen LogP contribution in [0.4, 0.5) is 0 Å². The van der Waals surface area contributed by atoms with Gasteiger partial charge < -0.3 is 9.84 Å². The third-order valence-corrected chi connectivity index (χ3v) is 2.39. The summed E-state index contributed by atoms with van der Waals surface area (Å²) in [5.41, 5.74) is 0. The molecule has 0 aliphatic carbocycles. The van der Waals surface area contributed by atoms with Crippen molar-refractivity contribution in [2.75, 3.05) is 6.61 Å². The van der Waals surface area contributed by atoms with Crippen molar-refractivity contribution < 1.29 is 14.6 Å². The molecule has 0 aromatic heterocycles. The Morgan fingerprint density at radius 3 is 2.93 bits per heavy atom. The van der Waals surface area contributed by atoms with Gasteiger partial charge in [-0.25, -0.2) is 0 Å². The third kappa shape index (κ3) is 3.53. The number of carboxylic acids is 1. The van der Waals surface area contributed by atoms with E-state index in [-0.39, 0.29) is 6.61 Å². The lowest BCUT2D eigenvalue weighted by molar-refractivity contribution is -0.142. The summed E-state index contributed by atoms with van der Waals surface area (Å²) in [5, 5.41) is 8.63. The minimum absolute atomic E-state index is 0.204. The Morgan fingerprint density at radius 1 is 1.64 bits per heavy atom. The number of ether oxygens (including phenoxy) is 1. The van der Waals surface area contributed by atoms with Crippen molar-refractivity contribution >= 4 is 28.6 Å². The summed E-state index contributed by atoms with van der Waals surface area (Å²) in [6.07, 6.45) is 0. The van der Waals surface area contributed by atoms with E-state index >= 15 is 0 Å². The van der Waals surface area contributed by atoms with E-state index in [1.807, 2.05) is 24.3 Å². The summed E-state index contributed by atoms with van der Waals surface area (Å²) in [5.74, 6) is -0.603. The molecule has 0 radical (unpaired) electrons. The van der Waals surface area contributed by atoms with Crippen molar-refractivity contribution in [3.05, 3.63) is 27.8 Å². The Hall–Kier alpha value is -0.780. The average Bonchev–Trinajstić information content (AvgIpc) is 2.14. The van der Waals surface area contributed by atoms with Crippen molar-refractivity contribution in [2.45, 2.75) is 6.92 Å². The van der Waals surface area contributed by atoms with E-state index in [1.165, 1.54) is 0 Å². The second-order valence-electron chi connectivity index (χ2n) is 3.01. The van der Waals surface area contributed by atoms with Crippen molar-refractivity contribution in [2.24, 2.45) is 5.92 Å². The van der Waals surface area contributed by atoms with Crippen LogP contribution in [0.3, 0.4) is 0 Å². The molecule has 1 N–H and O–H groups in total. The highest BCUT2D eigenvalue weighted by molar-refractivity contribution is 14.1. The van der Waals surface area contributed by atoms with Gasteiger partial charge in [-0.2, -0.15) is 0 Å². The van der Waals surface area contributed by atoms with Crippen LogP contribution in [-0.4, -0.2) is 17.7 Å². The van der Waals surface area contributed by atoms with Crippen LogP contribution in [0.1, 0.15) is 6.92 Å². The maximum absolute atomic E-state index is 10.5. The highest BCUT2D eigenvalue weighted by atomic mass is 127. The molecule has 3 nitrogen and oxygen atoms in total. The van der Waals surface area contributed by atoms with Gasteiger partial charge in [0.2, 0.25) is 0 Å². The molecule has 1 aromatic carbocycles. The number of carbonyl (C=O) groups is 1. The van der Waals surface area contributed by atoms with Crippen molar-refractivity contribution in [1.29, 1.82) is 0 Å². The SMILES string of the molecule is CC(COc1cccc(I)c1)C(=O)O. The van der Waals surface area contributed by atoms with Crippen LogP contribution < -0.4 is 4.74 Å². The molecule has 0 heterocycles. The number of hydrogen-bond acceptors (Lipinski definition) is 2. The number of halogens is 1. The standard InChI is InChI=1S/C10H11IO3/c1-7(10(12)13)6-14-9-4-2-3-8(11)5-9/h2-5,7H,6H2,1H3,(H,12,13). The Kier molecular flexibility index (Phi) is 4.19. The molecule has 0 saturated carbocycles. The molecule has 0 amide bonds. The summed E-state index contributed by atoms with van der Waals surface area (Å²) < 4.78 is 6.40. The molecule has 4 heteroatoms. The van der Waals surface area contributed by atoms with Gasteiger partial charge in [0.1, 0.15) is 12.4 Å². The van der Waals surface area contributed by atoms with Gasteiger partial charge in [-0.05, 0) is 47.7 Å². The van der Waals surface area contributed by atoms with Gasteiger partial charge in [-0.1, -0.05) is 6.07 Å². The van der Waals surface area contributed by atoms with E-state index in [0.29, 0.717) is 5.75 Å². The molecule has 1 atom stereocenters. The van der Waals surface area contributed by atoms with Crippen LogP contribution >= 0.6 is 22.6 Å². The fourth-order valence-corrected chi connectivity index (χ4v) is 1.36. The van der Waals surface area contributed by atoms with Gasteiger partial charge in [0, 0.05) is 3.57 Å². The zero-order valence-electron chi connectivity index (χ0n) is 7.74. The van der Waals surface area contributed by atoms with Crippen LogP contribution in [0.25, 0.3) is 0 Å². The predicted octanol–water partition coefficient (Wildman–Crippen LogP) is 2.39. The number of benzene rings is 1. The average molecular weight is 306 g/mol. The summed E-state index contributed by atoms with van der Waals surface area (Å²) in [6.45, 7) is 1.83. The smallest absolute Gasteiger partial charge is 0.309 e. The van der Waals surface area contributed by atoms with Gasteiger partial charge in [-0.15, -0.1) is 0 Å². The first-order valence-electron chi connectivity index (χ1n) is 4.21. The Bertz CT molecular complexity index is 325. The molecular weight excluding hydrogens is 295 g/mol. The van der Waals surface area contributed by atoms with Gasteiger partial charge in [0.15, 0.2) is 0 Å². The molecule has 1 rings (SSSR count). The van der Waals surface area contributed by atoms with E-state index in [4.69, 9.17) is 9.84 Å². The molecule has 0 aliphatic heterocycles. The van der Waals surface area contributed by atoms with Gasteiger partial charge in [0.25, 0.3) is 0 Å². The fourth-order valence-electron chi connectivity index (χ4n) is 0.849. The quantitative estimate of drug-likeness (QED) is 0.869. The van der Waals surface area contributed by atoms with E-state index < -0.39 is 11.9 Å². The van der Waals surface area contributed by atoms with E-state index in [9.17, 15) is 4.79 Å². The summed E-state index contributed by atoms with van der Waals surface area (Å²) >= 11 is 2.18. The normalized spacial score (nSPS) is 12.1. The highest BCUT2D eigenvalue weighted by Crippen LogP contribution is 2.15. The van der Waals surface area contributed by atoms with E-state index in [2.05, 4.69) is 22.6 Å². The van der Waals surface area contributed by atoms with E-state index in [0.717, 1.165) is 3.57 Å². The van der Waals surface area contributed by atoms with E-state index in [1.54, 1.807) is 6.92 Å². The maximum Gasteiger partial charge on any atom is 0.309 e. The van der Waals surface area contributed by atoms with Crippen LogP contribution in [0.2, 0.25) is 0 Å². The van der Waals surface area contributed by atoms with Crippen LogP contribution in [-0.2, 0) is 4.79 Å². The minimum atomic E-state index is -0.837. The number of carboxylic acid groups (broad SMARTS) is 1. The number of rotatable bonds is 4. The first kappa shape index (κ1) is 11.3. The van der Waals surface area contributed by atoms with Crippen molar-refractivity contribution in [3.63, 3.8) is 0 Å². The van der Waals surface area contributed by atoms with Gasteiger partial charge in [0.05, 0.1) is 5.92 Å². The Labute approximate surface area is 96.2 Å². The van der Waals surface area contributed by atoms with Crippen LogP contribution in [0.15, 0.2) is 24.3 Å². The van der Waals surface area contributed by atoms with Crippen LogP contribution in [0.5, 0.6) is 5.75 Å². The molecule has 0 fully saturated rings. The molecule has 0 spiro atoms. The molecule has 1 aromatic rings. The van der Waals surface area contributed by atoms with Crippen molar-refractivity contribution in [3.8, 4) is 5.75 Å². The molecule has 0 saturated heterocycles. The third-order valence-electron chi connectivity index (χ3n) is 1.72. The fraction of sp³-hybridized carbons (Fsp3) is 0.300. The van der Waals surface area contributed by atoms with Gasteiger partial charge >= 0.3 is 5.97 Å². The molecule has 76 valence electrons. The topological polar surface area (TPSA) is 46.5 Å². The van der Waals surface area contributed by atoms with Crippen molar-refractivity contribution in [1.82, 2.24) is 0 Å². The Balaban J connectivity index is 2.49.